The van der Waals surface area contributed by atoms with Crippen molar-refractivity contribution < 1.29 is 4.79 Å². The Morgan fingerprint density at radius 3 is 2.78 bits per heavy atom. The molecule has 2 rings (SSSR count). The number of carbonyl (C=O) groups is 1. The zero-order chi connectivity index (χ0) is 13.0. The second-order valence-corrected chi connectivity index (χ2v) is 5.72. The highest BCUT2D eigenvalue weighted by Crippen LogP contribution is 2.23. The van der Waals surface area contributed by atoms with Crippen LogP contribution in [-0.4, -0.2) is 28.4 Å². The standard InChI is InChI=1S/C13H21N3OS/c1-2-16(11-6-4-3-5-7-11)12(17)8-10-9-18-13(14)15-10/h9,11H,2-8H2,1H3,(H2,14,15). The predicted octanol–water partition coefficient (Wildman–Crippen LogP) is 2.45. The van der Waals surface area contributed by atoms with Crippen molar-refractivity contribution in [3.63, 3.8) is 0 Å². The van der Waals surface area contributed by atoms with E-state index < -0.39 is 0 Å². The van der Waals surface area contributed by atoms with Gasteiger partial charge in [-0.15, -0.1) is 11.3 Å². The molecule has 18 heavy (non-hydrogen) atoms. The molecule has 1 aliphatic rings. The quantitative estimate of drug-likeness (QED) is 0.911. The first-order valence-corrected chi connectivity index (χ1v) is 7.58. The summed E-state index contributed by atoms with van der Waals surface area (Å²) in [5, 5.41) is 2.42. The number of likely N-dealkylation sites (N-methyl/N-ethyl adjacent to an activating group) is 1. The van der Waals surface area contributed by atoms with E-state index in [2.05, 4.69) is 11.9 Å². The molecule has 0 saturated heterocycles. The van der Waals surface area contributed by atoms with Crippen LogP contribution < -0.4 is 5.73 Å². The first kappa shape index (κ1) is 13.3. The van der Waals surface area contributed by atoms with Crippen molar-refractivity contribution in [1.82, 2.24) is 9.88 Å². The topological polar surface area (TPSA) is 59.2 Å². The number of anilines is 1. The molecule has 0 unspecified atom stereocenters. The van der Waals surface area contributed by atoms with Crippen LogP contribution in [0.1, 0.15) is 44.7 Å². The lowest BCUT2D eigenvalue weighted by Crippen LogP contribution is -2.42. The number of nitrogens with zero attached hydrogens (tertiary/aromatic N) is 2. The van der Waals surface area contributed by atoms with Crippen LogP contribution in [0.3, 0.4) is 0 Å². The number of nitrogens with two attached hydrogens (primary N) is 1. The molecule has 0 bridgehead atoms. The van der Waals surface area contributed by atoms with Crippen LogP contribution >= 0.6 is 11.3 Å². The van der Waals surface area contributed by atoms with E-state index in [1.54, 1.807) is 0 Å². The maximum Gasteiger partial charge on any atom is 0.228 e. The summed E-state index contributed by atoms with van der Waals surface area (Å²) < 4.78 is 0. The smallest absolute Gasteiger partial charge is 0.228 e. The van der Waals surface area contributed by atoms with Crippen molar-refractivity contribution in [2.24, 2.45) is 0 Å². The Morgan fingerprint density at radius 1 is 1.50 bits per heavy atom. The highest BCUT2D eigenvalue weighted by molar-refractivity contribution is 7.13. The SMILES string of the molecule is CCN(C(=O)Cc1csc(N)n1)C1CCCCC1. The van der Waals surface area contributed by atoms with Gasteiger partial charge in [0.1, 0.15) is 0 Å². The van der Waals surface area contributed by atoms with Gasteiger partial charge in [0.2, 0.25) is 5.91 Å². The highest BCUT2D eigenvalue weighted by Gasteiger charge is 2.24. The first-order valence-electron chi connectivity index (χ1n) is 6.70. The van der Waals surface area contributed by atoms with Crippen LogP contribution in [0.15, 0.2) is 5.38 Å². The predicted molar refractivity (Wildman–Crippen MR) is 74.5 cm³/mol. The molecule has 1 aliphatic carbocycles. The van der Waals surface area contributed by atoms with Crippen LogP contribution in [-0.2, 0) is 11.2 Å². The Hall–Kier alpha value is -1.10. The fraction of sp³-hybridized carbons (Fsp3) is 0.692. The number of amides is 1. The van der Waals surface area contributed by atoms with Gasteiger partial charge in [-0.05, 0) is 19.8 Å². The van der Waals surface area contributed by atoms with Gasteiger partial charge in [-0.3, -0.25) is 4.79 Å². The van der Waals surface area contributed by atoms with E-state index >= 15 is 0 Å². The first-order chi connectivity index (χ1) is 8.70. The molecule has 0 radical (unpaired) electrons. The van der Waals surface area contributed by atoms with Crippen LogP contribution in [0.2, 0.25) is 0 Å². The number of hydrogen-bond donors (Lipinski definition) is 1. The van der Waals surface area contributed by atoms with E-state index in [-0.39, 0.29) is 5.91 Å². The summed E-state index contributed by atoms with van der Waals surface area (Å²) in [6, 6.07) is 0.437. The van der Waals surface area contributed by atoms with Gasteiger partial charge in [0.05, 0.1) is 12.1 Å². The van der Waals surface area contributed by atoms with Crippen molar-refractivity contribution in [3.8, 4) is 0 Å². The van der Waals surface area contributed by atoms with E-state index in [0.29, 0.717) is 17.6 Å². The molecular weight excluding hydrogens is 246 g/mol. The lowest BCUT2D eigenvalue weighted by atomic mass is 9.94. The van der Waals surface area contributed by atoms with Crippen molar-refractivity contribution in [3.05, 3.63) is 11.1 Å². The third kappa shape index (κ3) is 3.22. The second kappa shape index (κ2) is 6.18. The fourth-order valence-electron chi connectivity index (χ4n) is 2.69. The van der Waals surface area contributed by atoms with Gasteiger partial charge in [0.15, 0.2) is 5.13 Å². The number of thiazole rings is 1. The number of nitrogen functional groups attached to an aromatic ring is 1. The monoisotopic (exact) mass is 267 g/mol. The molecule has 1 fully saturated rings. The highest BCUT2D eigenvalue weighted by atomic mass is 32.1. The van der Waals surface area contributed by atoms with Crippen LogP contribution in [0.4, 0.5) is 5.13 Å². The Morgan fingerprint density at radius 2 is 2.22 bits per heavy atom. The molecule has 5 heteroatoms. The van der Waals surface area contributed by atoms with Crippen molar-refractivity contribution in [1.29, 1.82) is 0 Å². The van der Waals surface area contributed by atoms with Crippen LogP contribution in [0.25, 0.3) is 0 Å². The van der Waals surface area contributed by atoms with Crippen LogP contribution in [0, 0.1) is 0 Å². The molecule has 0 spiro atoms. The largest absolute Gasteiger partial charge is 0.375 e. The Bertz CT molecular complexity index is 399. The third-order valence-electron chi connectivity index (χ3n) is 3.58. The fourth-order valence-corrected chi connectivity index (χ4v) is 3.25. The van der Waals surface area contributed by atoms with E-state index in [1.165, 1.54) is 30.6 Å². The lowest BCUT2D eigenvalue weighted by molar-refractivity contribution is -0.133. The van der Waals surface area contributed by atoms with Crippen molar-refractivity contribution in [2.75, 3.05) is 12.3 Å². The molecule has 4 nitrogen and oxygen atoms in total. The van der Waals surface area contributed by atoms with Gasteiger partial charge < -0.3 is 10.6 Å². The zero-order valence-electron chi connectivity index (χ0n) is 10.9. The minimum Gasteiger partial charge on any atom is -0.375 e. The average Bonchev–Trinajstić information content (AvgIpc) is 2.77. The molecule has 2 N–H and O–H groups in total. The molecule has 100 valence electrons. The molecular formula is C13H21N3OS. The Labute approximate surface area is 112 Å². The number of hydrogen-bond acceptors (Lipinski definition) is 4. The summed E-state index contributed by atoms with van der Waals surface area (Å²) in [7, 11) is 0. The van der Waals surface area contributed by atoms with Crippen molar-refractivity contribution >= 4 is 22.4 Å². The average molecular weight is 267 g/mol. The molecule has 1 aromatic rings. The number of rotatable bonds is 4. The molecule has 1 amide bonds. The summed E-state index contributed by atoms with van der Waals surface area (Å²) in [4.78, 5) is 18.5. The van der Waals surface area contributed by atoms with Gasteiger partial charge >= 0.3 is 0 Å². The maximum atomic E-state index is 12.3. The van der Waals surface area contributed by atoms with Gasteiger partial charge in [-0.1, -0.05) is 19.3 Å². The van der Waals surface area contributed by atoms with Crippen molar-refractivity contribution in [2.45, 2.75) is 51.5 Å². The number of carbonyl (C=O) groups excluding carboxylic acids is 1. The summed E-state index contributed by atoms with van der Waals surface area (Å²) in [6.45, 7) is 2.85. The molecule has 0 aromatic carbocycles. The van der Waals surface area contributed by atoms with E-state index in [4.69, 9.17) is 5.73 Å². The molecule has 0 atom stereocenters. The van der Waals surface area contributed by atoms with Gasteiger partial charge in [-0.2, -0.15) is 0 Å². The minimum absolute atomic E-state index is 0.190. The summed E-state index contributed by atoms with van der Waals surface area (Å²) in [6.07, 6.45) is 6.50. The lowest BCUT2D eigenvalue weighted by Gasteiger charge is -2.33. The van der Waals surface area contributed by atoms with Gasteiger partial charge in [0, 0.05) is 18.0 Å². The summed E-state index contributed by atoms with van der Waals surface area (Å²) in [5.41, 5.74) is 6.39. The molecule has 0 aliphatic heterocycles. The Balaban J connectivity index is 1.96. The third-order valence-corrected chi connectivity index (χ3v) is 4.30. The van der Waals surface area contributed by atoms with Gasteiger partial charge in [0.25, 0.3) is 0 Å². The van der Waals surface area contributed by atoms with E-state index in [0.717, 1.165) is 25.1 Å². The van der Waals surface area contributed by atoms with Crippen LogP contribution in [0.5, 0.6) is 0 Å². The van der Waals surface area contributed by atoms with E-state index in [1.807, 2.05) is 10.3 Å². The zero-order valence-corrected chi connectivity index (χ0v) is 11.7. The van der Waals surface area contributed by atoms with E-state index in [9.17, 15) is 4.79 Å². The maximum absolute atomic E-state index is 12.3. The van der Waals surface area contributed by atoms with Gasteiger partial charge in [-0.25, -0.2) is 4.98 Å². The number of aromatic nitrogens is 1. The molecule has 1 saturated carbocycles. The molecule has 1 heterocycles. The second-order valence-electron chi connectivity index (χ2n) is 4.83. The summed E-state index contributed by atoms with van der Waals surface area (Å²) in [5.74, 6) is 0.190. The summed E-state index contributed by atoms with van der Waals surface area (Å²) >= 11 is 1.40. The normalized spacial score (nSPS) is 16.7. The molecule has 1 aromatic heterocycles. The Kier molecular flexibility index (Phi) is 4.58. The minimum atomic E-state index is 0.190.